The lowest BCUT2D eigenvalue weighted by Gasteiger charge is -2.04. The predicted molar refractivity (Wildman–Crippen MR) is 84.7 cm³/mol. The quantitative estimate of drug-likeness (QED) is 0.693. The van der Waals surface area contributed by atoms with Crippen LogP contribution in [-0.4, -0.2) is 15.2 Å². The Kier molecular flexibility index (Phi) is 4.03. The fourth-order valence-electron chi connectivity index (χ4n) is 1.74. The number of nitrogens with one attached hydrogen (secondary N) is 2. The van der Waals surface area contributed by atoms with Crippen molar-refractivity contribution in [2.24, 2.45) is 0 Å². The predicted octanol–water partition coefficient (Wildman–Crippen LogP) is 4.21. The molecule has 0 saturated heterocycles. The van der Waals surface area contributed by atoms with E-state index in [9.17, 15) is 0 Å². The van der Waals surface area contributed by atoms with E-state index in [0.717, 1.165) is 16.6 Å². The second kappa shape index (κ2) is 6.11. The molecule has 0 amide bonds. The smallest absolute Gasteiger partial charge is 0.223 e. The summed E-state index contributed by atoms with van der Waals surface area (Å²) in [6.45, 7) is 2.06. The topological polar surface area (TPSA) is 53.6 Å². The van der Waals surface area contributed by atoms with Gasteiger partial charge in [-0.3, -0.25) is 0 Å². The van der Waals surface area contributed by atoms with Crippen LogP contribution in [0.25, 0.3) is 0 Å². The number of nitrogens with zero attached hydrogens (tertiary/aromatic N) is 2. The number of benzene rings is 1. The highest BCUT2D eigenvalue weighted by atomic mass is 32.2. The Bertz CT molecular complexity index is 676. The molecule has 2 N–H and O–H groups in total. The van der Waals surface area contributed by atoms with Gasteiger partial charge in [0.05, 0.1) is 0 Å². The van der Waals surface area contributed by atoms with Crippen LogP contribution in [0.5, 0.6) is 0 Å². The summed E-state index contributed by atoms with van der Waals surface area (Å²) >= 11 is 3.38. The molecular formula is C14H14N4S2. The van der Waals surface area contributed by atoms with E-state index in [1.807, 2.05) is 18.2 Å². The Balaban J connectivity index is 1.63. The highest BCUT2D eigenvalue weighted by Crippen LogP contribution is 2.24. The molecule has 0 bridgehead atoms. The first-order valence-corrected chi connectivity index (χ1v) is 8.08. The molecule has 20 heavy (non-hydrogen) atoms. The zero-order valence-electron chi connectivity index (χ0n) is 11.0. The minimum absolute atomic E-state index is 0.674. The Morgan fingerprint density at radius 1 is 1.25 bits per heavy atom. The molecule has 0 fully saturated rings. The number of hydrogen-bond acceptors (Lipinski definition) is 5. The molecule has 0 unspecified atom stereocenters. The monoisotopic (exact) mass is 302 g/mol. The summed E-state index contributed by atoms with van der Waals surface area (Å²) in [5.74, 6) is 1.58. The Labute approximate surface area is 125 Å². The normalized spacial score (nSPS) is 10.7. The summed E-state index contributed by atoms with van der Waals surface area (Å²) < 4.78 is 0. The lowest BCUT2D eigenvalue weighted by molar-refractivity contribution is 0.973. The van der Waals surface area contributed by atoms with Crippen molar-refractivity contribution in [1.82, 2.24) is 15.2 Å². The van der Waals surface area contributed by atoms with Crippen molar-refractivity contribution in [3.05, 3.63) is 52.2 Å². The summed E-state index contributed by atoms with van der Waals surface area (Å²) in [4.78, 5) is 5.76. The molecule has 0 aliphatic heterocycles. The molecule has 2 heterocycles. The molecular weight excluding hydrogens is 288 g/mol. The fourth-order valence-corrected chi connectivity index (χ4v) is 3.31. The Morgan fingerprint density at radius 3 is 2.95 bits per heavy atom. The van der Waals surface area contributed by atoms with Gasteiger partial charge in [-0.2, -0.15) is 4.98 Å². The van der Waals surface area contributed by atoms with E-state index in [2.05, 4.69) is 51.0 Å². The second-order valence-electron chi connectivity index (χ2n) is 4.27. The maximum atomic E-state index is 4.44. The molecule has 3 rings (SSSR count). The van der Waals surface area contributed by atoms with Gasteiger partial charge >= 0.3 is 0 Å². The molecule has 1 aromatic carbocycles. The number of hydrogen-bond donors (Lipinski definition) is 2. The van der Waals surface area contributed by atoms with Crippen LogP contribution >= 0.6 is 23.1 Å². The van der Waals surface area contributed by atoms with Crippen LogP contribution in [-0.2, 0) is 5.75 Å². The van der Waals surface area contributed by atoms with Gasteiger partial charge in [-0.25, -0.2) is 5.10 Å². The minimum Gasteiger partial charge on any atom is -0.324 e. The number of thiophene rings is 1. The van der Waals surface area contributed by atoms with E-state index >= 15 is 0 Å². The van der Waals surface area contributed by atoms with Gasteiger partial charge in [0.25, 0.3) is 0 Å². The molecule has 0 spiro atoms. The van der Waals surface area contributed by atoms with E-state index in [1.165, 1.54) is 10.4 Å². The molecule has 6 heteroatoms. The number of aryl methyl sites for hydroxylation is 1. The lowest BCUT2D eigenvalue weighted by atomic mass is 10.2. The highest BCUT2D eigenvalue weighted by Gasteiger charge is 2.06. The lowest BCUT2D eigenvalue weighted by Crippen LogP contribution is -1.94. The van der Waals surface area contributed by atoms with E-state index in [4.69, 9.17) is 0 Å². The minimum atomic E-state index is 0.674. The second-order valence-corrected chi connectivity index (χ2v) is 6.25. The largest absolute Gasteiger partial charge is 0.324 e. The van der Waals surface area contributed by atoms with E-state index in [-0.39, 0.29) is 0 Å². The first-order chi connectivity index (χ1) is 9.81. The third kappa shape index (κ3) is 3.20. The van der Waals surface area contributed by atoms with E-state index in [1.54, 1.807) is 23.1 Å². The third-order valence-electron chi connectivity index (χ3n) is 2.79. The summed E-state index contributed by atoms with van der Waals surface area (Å²) in [7, 11) is 0. The summed E-state index contributed by atoms with van der Waals surface area (Å²) in [5.41, 5.74) is 2.22. The number of aromatic amines is 1. The molecule has 0 atom stereocenters. The van der Waals surface area contributed by atoms with Crippen LogP contribution in [0.3, 0.4) is 0 Å². The van der Waals surface area contributed by atoms with Crippen molar-refractivity contribution in [2.75, 3.05) is 5.32 Å². The van der Waals surface area contributed by atoms with Gasteiger partial charge in [0.2, 0.25) is 11.1 Å². The van der Waals surface area contributed by atoms with Gasteiger partial charge in [0, 0.05) is 16.3 Å². The van der Waals surface area contributed by atoms with Gasteiger partial charge < -0.3 is 5.32 Å². The van der Waals surface area contributed by atoms with Gasteiger partial charge in [0.1, 0.15) is 0 Å². The first-order valence-electron chi connectivity index (χ1n) is 6.21. The third-order valence-corrected chi connectivity index (χ3v) is 4.74. The summed E-state index contributed by atoms with van der Waals surface area (Å²) in [5, 5.41) is 13.2. The van der Waals surface area contributed by atoms with Crippen molar-refractivity contribution in [3.8, 4) is 0 Å². The molecule has 3 aromatic rings. The van der Waals surface area contributed by atoms with Crippen molar-refractivity contribution >= 4 is 34.7 Å². The van der Waals surface area contributed by atoms with Gasteiger partial charge in [-0.05, 0) is 30.0 Å². The maximum absolute atomic E-state index is 4.44. The number of anilines is 2. The number of thioether (sulfide) groups is 1. The zero-order valence-corrected chi connectivity index (χ0v) is 12.6. The standard InChI is InChI=1S/C14H14N4S2/c1-10-5-2-3-7-12(10)15-13-16-14(18-17-13)20-9-11-6-4-8-19-11/h2-8H,9H2,1H3,(H2,15,16,17,18). The molecule has 0 aliphatic carbocycles. The Morgan fingerprint density at radius 2 is 2.15 bits per heavy atom. The number of aromatic nitrogens is 3. The van der Waals surface area contributed by atoms with Crippen molar-refractivity contribution in [1.29, 1.82) is 0 Å². The first kappa shape index (κ1) is 13.2. The average molecular weight is 302 g/mol. The van der Waals surface area contributed by atoms with Crippen LogP contribution < -0.4 is 5.32 Å². The van der Waals surface area contributed by atoms with Crippen LogP contribution in [0.2, 0.25) is 0 Å². The SMILES string of the molecule is Cc1ccccc1Nc1nc(SCc2cccs2)n[nH]1. The van der Waals surface area contributed by atoms with Crippen LogP contribution in [0.1, 0.15) is 10.4 Å². The zero-order chi connectivity index (χ0) is 13.8. The summed E-state index contributed by atoms with van der Waals surface area (Å²) in [6.07, 6.45) is 0. The van der Waals surface area contributed by atoms with Gasteiger partial charge in [0.15, 0.2) is 0 Å². The molecule has 102 valence electrons. The Hall–Kier alpha value is -1.79. The number of H-pyrrole nitrogens is 1. The van der Waals surface area contributed by atoms with Crippen molar-refractivity contribution < 1.29 is 0 Å². The molecule has 2 aromatic heterocycles. The van der Waals surface area contributed by atoms with Gasteiger partial charge in [-0.15, -0.1) is 16.4 Å². The van der Waals surface area contributed by atoms with Crippen LogP contribution in [0.15, 0.2) is 46.9 Å². The van der Waals surface area contributed by atoms with E-state index in [0.29, 0.717) is 5.95 Å². The van der Waals surface area contributed by atoms with Crippen LogP contribution in [0, 0.1) is 6.92 Å². The fraction of sp³-hybridized carbons (Fsp3) is 0.143. The summed E-state index contributed by atoms with van der Waals surface area (Å²) in [6, 6.07) is 12.3. The molecule has 0 radical (unpaired) electrons. The van der Waals surface area contributed by atoms with Crippen molar-refractivity contribution in [2.45, 2.75) is 17.8 Å². The molecule has 0 aliphatic rings. The van der Waals surface area contributed by atoms with Crippen molar-refractivity contribution in [3.63, 3.8) is 0 Å². The van der Waals surface area contributed by atoms with Crippen LogP contribution in [0.4, 0.5) is 11.6 Å². The number of rotatable bonds is 5. The number of para-hydroxylation sites is 1. The highest BCUT2D eigenvalue weighted by molar-refractivity contribution is 7.98. The van der Waals surface area contributed by atoms with Gasteiger partial charge in [-0.1, -0.05) is 36.0 Å². The average Bonchev–Trinajstić information content (AvgIpc) is 3.10. The molecule has 4 nitrogen and oxygen atoms in total. The molecule has 0 saturated carbocycles. The van der Waals surface area contributed by atoms with E-state index < -0.39 is 0 Å². The maximum Gasteiger partial charge on any atom is 0.223 e.